The molecule has 2 unspecified atom stereocenters. The van der Waals surface area contributed by atoms with E-state index in [-0.39, 0.29) is 17.4 Å². The minimum Gasteiger partial charge on any atom is -0.494 e. The first-order chi connectivity index (χ1) is 13.2. The van der Waals surface area contributed by atoms with Crippen molar-refractivity contribution in [2.75, 3.05) is 26.9 Å². The zero-order chi connectivity index (χ0) is 20.4. The maximum absolute atomic E-state index is 13.2. The molecule has 1 aliphatic carbocycles. The van der Waals surface area contributed by atoms with Crippen molar-refractivity contribution in [2.45, 2.75) is 52.0 Å². The van der Waals surface area contributed by atoms with Crippen LogP contribution in [0, 0.1) is 11.3 Å². The minimum atomic E-state index is -0.727. The van der Waals surface area contributed by atoms with Crippen molar-refractivity contribution in [3.8, 4) is 5.75 Å². The lowest BCUT2D eigenvalue weighted by atomic mass is 9.64. The monoisotopic (exact) mass is 387 g/mol. The summed E-state index contributed by atoms with van der Waals surface area (Å²) >= 11 is 0. The Bertz CT molecular complexity index is 706. The summed E-state index contributed by atoms with van der Waals surface area (Å²) in [5, 5.41) is 3.04. The van der Waals surface area contributed by atoms with Crippen LogP contribution in [0.5, 0.6) is 5.75 Å². The van der Waals surface area contributed by atoms with E-state index in [4.69, 9.17) is 4.74 Å². The molecule has 28 heavy (non-hydrogen) atoms. The summed E-state index contributed by atoms with van der Waals surface area (Å²) in [6.07, 6.45) is 3.34. The highest BCUT2D eigenvalue weighted by Crippen LogP contribution is 2.46. The lowest BCUT2D eigenvalue weighted by Crippen LogP contribution is -2.54. The molecule has 0 radical (unpaired) electrons. The molecule has 6 nitrogen and oxygen atoms in total. The van der Waals surface area contributed by atoms with Gasteiger partial charge in [0.15, 0.2) is 0 Å². The van der Waals surface area contributed by atoms with Gasteiger partial charge in [0.2, 0.25) is 0 Å². The molecule has 0 bridgehead atoms. The molecule has 6 heteroatoms. The molecular formula is C22H33N3O3. The van der Waals surface area contributed by atoms with Crippen LogP contribution < -0.4 is 10.1 Å². The van der Waals surface area contributed by atoms with Crippen LogP contribution >= 0.6 is 0 Å². The van der Waals surface area contributed by atoms with Gasteiger partial charge in [-0.05, 0) is 56.2 Å². The second-order valence-electron chi connectivity index (χ2n) is 9.34. The number of rotatable bonds is 7. The van der Waals surface area contributed by atoms with E-state index < -0.39 is 5.54 Å². The number of nitrogens with zero attached hydrogens (tertiary/aromatic N) is 2. The molecule has 2 fully saturated rings. The summed E-state index contributed by atoms with van der Waals surface area (Å²) in [6, 6.07) is 9.46. The standard InChI is InChI=1S/C22H33N3O3/c1-17-13-21(2,3)15-22(14-17)19(26)25(20(27)23-22)16-24(4)11-8-12-28-18-9-6-5-7-10-18/h5-7,9-10,17H,8,11-16H2,1-4H3,(H,23,27). The van der Waals surface area contributed by atoms with E-state index in [0.717, 1.165) is 31.6 Å². The molecule has 1 aromatic rings. The largest absolute Gasteiger partial charge is 0.494 e. The van der Waals surface area contributed by atoms with Crippen LogP contribution in [0.1, 0.15) is 46.5 Å². The maximum Gasteiger partial charge on any atom is 0.326 e. The van der Waals surface area contributed by atoms with Crippen LogP contribution in [0.2, 0.25) is 0 Å². The van der Waals surface area contributed by atoms with E-state index in [0.29, 0.717) is 25.6 Å². The van der Waals surface area contributed by atoms with E-state index in [1.165, 1.54) is 4.90 Å². The fourth-order valence-electron chi connectivity index (χ4n) is 4.99. The number of urea groups is 1. The minimum absolute atomic E-state index is 0.0529. The highest BCUT2D eigenvalue weighted by atomic mass is 16.5. The van der Waals surface area contributed by atoms with Gasteiger partial charge in [-0.2, -0.15) is 0 Å². The molecule has 1 N–H and O–H groups in total. The molecule has 1 aromatic carbocycles. The molecule has 0 aromatic heterocycles. The van der Waals surface area contributed by atoms with Crippen molar-refractivity contribution >= 4 is 11.9 Å². The highest BCUT2D eigenvalue weighted by Gasteiger charge is 2.56. The summed E-state index contributed by atoms with van der Waals surface area (Å²) in [5.41, 5.74) is -0.674. The zero-order valence-electron chi connectivity index (χ0n) is 17.5. The fraction of sp³-hybridized carbons (Fsp3) is 0.636. The van der Waals surface area contributed by atoms with Crippen molar-refractivity contribution in [2.24, 2.45) is 11.3 Å². The molecule has 1 spiro atoms. The number of carbonyl (C=O) groups excluding carboxylic acids is 2. The lowest BCUT2D eigenvalue weighted by molar-refractivity contribution is -0.136. The Labute approximate surface area is 168 Å². The molecular weight excluding hydrogens is 354 g/mol. The van der Waals surface area contributed by atoms with Crippen LogP contribution in [0.15, 0.2) is 30.3 Å². The first-order valence-electron chi connectivity index (χ1n) is 10.2. The predicted molar refractivity (Wildman–Crippen MR) is 109 cm³/mol. The average Bonchev–Trinajstić information content (AvgIpc) is 2.81. The Morgan fingerprint density at radius 3 is 2.61 bits per heavy atom. The van der Waals surface area contributed by atoms with Gasteiger partial charge in [0, 0.05) is 6.54 Å². The van der Waals surface area contributed by atoms with Gasteiger partial charge in [0.1, 0.15) is 11.3 Å². The van der Waals surface area contributed by atoms with Crippen molar-refractivity contribution < 1.29 is 14.3 Å². The number of imide groups is 1. The molecule has 1 heterocycles. The quantitative estimate of drug-likeness (QED) is 0.575. The van der Waals surface area contributed by atoms with Gasteiger partial charge in [-0.15, -0.1) is 0 Å². The number of para-hydroxylation sites is 1. The summed E-state index contributed by atoms with van der Waals surface area (Å²) in [4.78, 5) is 29.1. The Hall–Kier alpha value is -2.08. The second kappa shape index (κ2) is 8.11. The summed E-state index contributed by atoms with van der Waals surface area (Å²) in [7, 11) is 1.93. The summed E-state index contributed by atoms with van der Waals surface area (Å²) in [6.45, 7) is 8.20. The SMILES string of the molecule is CC1CC(C)(C)CC2(C1)NC(=O)N(CN(C)CCCOc1ccccc1)C2=O. The van der Waals surface area contributed by atoms with Crippen LogP contribution in [-0.2, 0) is 4.79 Å². The first-order valence-corrected chi connectivity index (χ1v) is 10.2. The van der Waals surface area contributed by atoms with Gasteiger partial charge >= 0.3 is 6.03 Å². The number of nitrogens with one attached hydrogen (secondary N) is 1. The predicted octanol–water partition coefficient (Wildman–Crippen LogP) is 3.48. The van der Waals surface area contributed by atoms with Crippen LogP contribution in [0.3, 0.4) is 0 Å². The number of benzene rings is 1. The Morgan fingerprint density at radius 1 is 1.21 bits per heavy atom. The molecule has 1 aliphatic heterocycles. The maximum atomic E-state index is 13.2. The third kappa shape index (κ3) is 4.66. The van der Waals surface area contributed by atoms with E-state index in [1.54, 1.807) is 0 Å². The number of carbonyl (C=O) groups is 2. The van der Waals surface area contributed by atoms with Gasteiger partial charge in [-0.3, -0.25) is 9.69 Å². The number of hydrogen-bond donors (Lipinski definition) is 1. The van der Waals surface area contributed by atoms with E-state index in [2.05, 4.69) is 26.1 Å². The molecule has 1 saturated heterocycles. The zero-order valence-corrected chi connectivity index (χ0v) is 17.5. The van der Waals surface area contributed by atoms with Gasteiger partial charge in [-0.25, -0.2) is 9.69 Å². The Balaban J connectivity index is 1.51. The summed E-state index contributed by atoms with van der Waals surface area (Å²) in [5.74, 6) is 1.21. The molecule has 2 atom stereocenters. The van der Waals surface area contributed by atoms with Crippen molar-refractivity contribution in [3.05, 3.63) is 30.3 Å². The van der Waals surface area contributed by atoms with Gasteiger partial charge in [-0.1, -0.05) is 39.0 Å². The normalized spacial score (nSPS) is 26.8. The van der Waals surface area contributed by atoms with Crippen LogP contribution in [-0.4, -0.2) is 54.1 Å². The van der Waals surface area contributed by atoms with Crippen molar-refractivity contribution in [1.29, 1.82) is 0 Å². The number of hydrogen-bond acceptors (Lipinski definition) is 4. The molecule has 3 rings (SSSR count). The fourth-order valence-corrected chi connectivity index (χ4v) is 4.99. The number of amides is 3. The molecule has 2 aliphatic rings. The van der Waals surface area contributed by atoms with Gasteiger partial charge in [0.25, 0.3) is 5.91 Å². The second-order valence-corrected chi connectivity index (χ2v) is 9.34. The van der Waals surface area contributed by atoms with Crippen LogP contribution in [0.4, 0.5) is 4.79 Å². The van der Waals surface area contributed by atoms with Gasteiger partial charge < -0.3 is 10.1 Å². The van der Waals surface area contributed by atoms with Crippen molar-refractivity contribution in [3.63, 3.8) is 0 Å². The lowest BCUT2D eigenvalue weighted by Gasteiger charge is -2.43. The Morgan fingerprint density at radius 2 is 1.93 bits per heavy atom. The number of ether oxygens (including phenoxy) is 1. The Kier molecular flexibility index (Phi) is 5.98. The first kappa shape index (κ1) is 20.6. The van der Waals surface area contributed by atoms with Gasteiger partial charge in [0.05, 0.1) is 13.3 Å². The smallest absolute Gasteiger partial charge is 0.326 e. The van der Waals surface area contributed by atoms with E-state index >= 15 is 0 Å². The highest BCUT2D eigenvalue weighted by molar-refractivity contribution is 6.07. The average molecular weight is 388 g/mol. The molecule has 1 saturated carbocycles. The topological polar surface area (TPSA) is 61.9 Å². The third-order valence-corrected chi connectivity index (χ3v) is 5.70. The summed E-state index contributed by atoms with van der Waals surface area (Å²) < 4.78 is 5.71. The third-order valence-electron chi connectivity index (χ3n) is 5.70. The molecule has 154 valence electrons. The van der Waals surface area contributed by atoms with E-state index in [9.17, 15) is 9.59 Å². The van der Waals surface area contributed by atoms with E-state index in [1.807, 2.05) is 42.3 Å². The van der Waals surface area contributed by atoms with Crippen LogP contribution in [0.25, 0.3) is 0 Å². The molecule has 3 amide bonds. The van der Waals surface area contributed by atoms with Crippen molar-refractivity contribution in [1.82, 2.24) is 15.1 Å².